The first-order valence-corrected chi connectivity index (χ1v) is 8.28. The van der Waals surface area contributed by atoms with Gasteiger partial charge in [-0.25, -0.2) is 0 Å². The molecule has 0 spiro atoms. The number of carbonyl (C=O) groups excluding carboxylic acids is 2. The Labute approximate surface area is 153 Å². The van der Waals surface area contributed by atoms with Crippen LogP contribution < -0.4 is 10.6 Å². The summed E-state index contributed by atoms with van der Waals surface area (Å²) < 4.78 is 5.19. The van der Waals surface area contributed by atoms with Crippen LogP contribution in [0.25, 0.3) is 0 Å². The van der Waals surface area contributed by atoms with Gasteiger partial charge in [0.25, 0.3) is 5.91 Å². The second-order valence-electron chi connectivity index (χ2n) is 5.57. The van der Waals surface area contributed by atoms with Gasteiger partial charge >= 0.3 is 0 Å². The van der Waals surface area contributed by atoms with Crippen molar-refractivity contribution in [1.29, 1.82) is 0 Å². The maximum absolute atomic E-state index is 12.2. The second-order valence-corrected chi connectivity index (χ2v) is 5.57. The third-order valence-corrected chi connectivity index (χ3v) is 3.62. The van der Waals surface area contributed by atoms with E-state index < -0.39 is 0 Å². The van der Waals surface area contributed by atoms with Crippen LogP contribution in [0.15, 0.2) is 72.4 Å². The summed E-state index contributed by atoms with van der Waals surface area (Å²) in [5.41, 5.74) is 1.20. The molecule has 2 N–H and O–H groups in total. The number of carbonyl (C=O) groups is 2. The first kappa shape index (κ1) is 19.1. The number of hydrogen-bond donors (Lipinski definition) is 2. The zero-order chi connectivity index (χ0) is 18.8. The molecular formula is C20H23N3O3. The van der Waals surface area contributed by atoms with E-state index in [2.05, 4.69) is 23.8 Å². The van der Waals surface area contributed by atoms with Gasteiger partial charge in [-0.3, -0.25) is 9.59 Å². The lowest BCUT2D eigenvalue weighted by Crippen LogP contribution is -2.35. The summed E-state index contributed by atoms with van der Waals surface area (Å²) in [7, 11) is 0. The predicted molar refractivity (Wildman–Crippen MR) is 102 cm³/mol. The van der Waals surface area contributed by atoms with Crippen molar-refractivity contribution in [2.75, 3.05) is 25.0 Å². The van der Waals surface area contributed by atoms with Gasteiger partial charge < -0.3 is 20.0 Å². The van der Waals surface area contributed by atoms with Crippen LogP contribution in [0.3, 0.4) is 0 Å². The van der Waals surface area contributed by atoms with E-state index in [0.29, 0.717) is 36.6 Å². The van der Waals surface area contributed by atoms with Crippen molar-refractivity contribution in [2.45, 2.75) is 6.54 Å². The van der Waals surface area contributed by atoms with Crippen molar-refractivity contribution in [3.63, 3.8) is 0 Å². The van der Waals surface area contributed by atoms with Gasteiger partial charge in [0.15, 0.2) is 0 Å². The minimum atomic E-state index is -0.212. The molecule has 0 bridgehead atoms. The van der Waals surface area contributed by atoms with Crippen molar-refractivity contribution >= 4 is 17.5 Å². The molecule has 136 valence electrons. The zero-order valence-electron chi connectivity index (χ0n) is 14.6. The lowest BCUT2D eigenvalue weighted by atomic mass is 10.2. The average molecular weight is 353 g/mol. The van der Waals surface area contributed by atoms with E-state index in [1.54, 1.807) is 53.6 Å². The lowest BCUT2D eigenvalue weighted by Gasteiger charge is -2.19. The Morgan fingerprint density at radius 3 is 2.54 bits per heavy atom. The van der Waals surface area contributed by atoms with E-state index in [-0.39, 0.29) is 18.4 Å². The molecule has 0 fully saturated rings. The highest BCUT2D eigenvalue weighted by atomic mass is 16.3. The molecule has 26 heavy (non-hydrogen) atoms. The molecule has 0 radical (unpaired) electrons. The second kappa shape index (κ2) is 9.88. The zero-order valence-corrected chi connectivity index (χ0v) is 14.6. The van der Waals surface area contributed by atoms with Crippen LogP contribution in [-0.2, 0) is 11.3 Å². The number of nitrogens with one attached hydrogen (secondary N) is 2. The molecule has 0 saturated heterocycles. The Kier molecular flexibility index (Phi) is 7.24. The fourth-order valence-corrected chi connectivity index (χ4v) is 2.33. The lowest BCUT2D eigenvalue weighted by molar-refractivity contribution is -0.128. The molecule has 2 rings (SSSR count). The van der Waals surface area contributed by atoms with E-state index in [4.69, 9.17) is 4.42 Å². The van der Waals surface area contributed by atoms with Crippen LogP contribution in [-0.4, -0.2) is 36.3 Å². The van der Waals surface area contributed by atoms with E-state index in [9.17, 15) is 9.59 Å². The van der Waals surface area contributed by atoms with Crippen molar-refractivity contribution < 1.29 is 14.0 Å². The van der Waals surface area contributed by atoms with Crippen molar-refractivity contribution in [2.24, 2.45) is 0 Å². The fourth-order valence-electron chi connectivity index (χ4n) is 2.33. The number of rotatable bonds is 10. The molecular weight excluding hydrogens is 330 g/mol. The van der Waals surface area contributed by atoms with Crippen LogP contribution in [0.1, 0.15) is 16.1 Å². The fraction of sp³-hybridized carbons (Fsp3) is 0.200. The highest BCUT2D eigenvalue weighted by Gasteiger charge is 2.11. The van der Waals surface area contributed by atoms with Crippen LogP contribution >= 0.6 is 0 Å². The standard InChI is InChI=1S/C20H23N3O3/c1-3-10-23(11-4-2)19(24)15-21-17-8-5-7-16(13-17)20(25)22-14-18-9-6-12-26-18/h3-9,12-13,21H,1-2,10-11,14-15H2,(H,22,25). The van der Waals surface area contributed by atoms with Gasteiger partial charge in [-0.05, 0) is 30.3 Å². The Hall–Kier alpha value is -3.28. The topological polar surface area (TPSA) is 74.6 Å². The Morgan fingerprint density at radius 1 is 1.12 bits per heavy atom. The molecule has 1 aromatic heterocycles. The third kappa shape index (κ3) is 5.66. The summed E-state index contributed by atoms with van der Waals surface area (Å²) >= 11 is 0. The highest BCUT2D eigenvalue weighted by Crippen LogP contribution is 2.11. The Morgan fingerprint density at radius 2 is 1.88 bits per heavy atom. The smallest absolute Gasteiger partial charge is 0.251 e. The molecule has 0 atom stereocenters. The maximum Gasteiger partial charge on any atom is 0.251 e. The van der Waals surface area contributed by atoms with Crippen LogP contribution in [0.4, 0.5) is 5.69 Å². The Bertz CT molecular complexity index is 743. The van der Waals surface area contributed by atoms with Crippen molar-refractivity contribution in [3.8, 4) is 0 Å². The molecule has 0 unspecified atom stereocenters. The van der Waals surface area contributed by atoms with Gasteiger partial charge in [0.05, 0.1) is 19.4 Å². The van der Waals surface area contributed by atoms with E-state index in [1.807, 2.05) is 6.07 Å². The molecule has 6 nitrogen and oxygen atoms in total. The van der Waals surface area contributed by atoms with Gasteiger partial charge in [0.1, 0.15) is 5.76 Å². The van der Waals surface area contributed by atoms with Gasteiger partial charge in [0, 0.05) is 24.3 Å². The first-order chi connectivity index (χ1) is 12.6. The third-order valence-electron chi connectivity index (χ3n) is 3.62. The quantitative estimate of drug-likeness (QED) is 0.644. The molecule has 6 heteroatoms. The Balaban J connectivity index is 1.91. The van der Waals surface area contributed by atoms with E-state index in [1.165, 1.54) is 0 Å². The molecule has 2 amide bonds. The van der Waals surface area contributed by atoms with Crippen LogP contribution in [0, 0.1) is 0 Å². The summed E-state index contributed by atoms with van der Waals surface area (Å²) in [5, 5.41) is 5.84. The summed E-state index contributed by atoms with van der Waals surface area (Å²) in [6.07, 6.45) is 4.90. The molecule has 0 aliphatic heterocycles. The predicted octanol–water partition coefficient (Wildman–Crippen LogP) is 2.82. The van der Waals surface area contributed by atoms with Crippen LogP contribution in [0.2, 0.25) is 0 Å². The van der Waals surface area contributed by atoms with Gasteiger partial charge in [-0.2, -0.15) is 0 Å². The average Bonchev–Trinajstić information content (AvgIpc) is 3.18. The summed E-state index contributed by atoms with van der Waals surface area (Å²) in [6.45, 7) is 8.66. The number of amides is 2. The molecule has 0 aliphatic carbocycles. The number of hydrogen-bond acceptors (Lipinski definition) is 4. The summed E-state index contributed by atoms with van der Waals surface area (Å²) in [4.78, 5) is 26.1. The van der Waals surface area contributed by atoms with Crippen molar-refractivity contribution in [3.05, 3.63) is 79.3 Å². The summed E-state index contributed by atoms with van der Waals surface area (Å²) in [6, 6.07) is 10.6. The normalized spacial score (nSPS) is 10.0. The van der Waals surface area contributed by atoms with E-state index in [0.717, 1.165) is 0 Å². The highest BCUT2D eigenvalue weighted by molar-refractivity contribution is 5.95. The molecule has 0 saturated carbocycles. The molecule has 2 aromatic rings. The number of benzene rings is 1. The van der Waals surface area contributed by atoms with Crippen molar-refractivity contribution in [1.82, 2.24) is 10.2 Å². The maximum atomic E-state index is 12.2. The number of nitrogens with zero attached hydrogens (tertiary/aromatic N) is 1. The van der Waals surface area contributed by atoms with Gasteiger partial charge in [-0.15, -0.1) is 13.2 Å². The SMILES string of the molecule is C=CCN(CC=C)C(=O)CNc1cccc(C(=O)NCc2ccco2)c1. The van der Waals surface area contributed by atoms with E-state index >= 15 is 0 Å². The van der Waals surface area contributed by atoms with Crippen LogP contribution in [0.5, 0.6) is 0 Å². The monoisotopic (exact) mass is 353 g/mol. The molecule has 1 aromatic carbocycles. The molecule has 0 aliphatic rings. The largest absolute Gasteiger partial charge is 0.467 e. The number of anilines is 1. The minimum Gasteiger partial charge on any atom is -0.467 e. The summed E-state index contributed by atoms with van der Waals surface area (Å²) in [5.74, 6) is 0.400. The minimum absolute atomic E-state index is 0.0718. The molecule has 1 heterocycles. The number of furan rings is 1. The van der Waals surface area contributed by atoms with Gasteiger partial charge in [-0.1, -0.05) is 18.2 Å². The van der Waals surface area contributed by atoms with Gasteiger partial charge in [0.2, 0.25) is 5.91 Å². The first-order valence-electron chi connectivity index (χ1n) is 8.28.